The van der Waals surface area contributed by atoms with Crippen LogP contribution in [0, 0.1) is 11.6 Å². The Kier molecular flexibility index (Phi) is 6.81. The molecular weight excluding hydrogens is 370 g/mol. The van der Waals surface area contributed by atoms with E-state index < -0.39 is 17.5 Å². The molecule has 0 spiro atoms. The number of rotatable bonds is 7. The Labute approximate surface area is 162 Å². The third-order valence-corrected chi connectivity index (χ3v) is 3.85. The molecule has 0 unspecified atom stereocenters. The van der Waals surface area contributed by atoms with Gasteiger partial charge in [-0.25, -0.2) is 8.78 Å². The fourth-order valence-electron chi connectivity index (χ4n) is 2.62. The minimum atomic E-state index is -0.770. The van der Waals surface area contributed by atoms with E-state index in [4.69, 9.17) is 14.2 Å². The molecule has 0 radical (unpaired) electrons. The number of halogens is 2. The molecule has 2 rings (SSSR count). The second-order valence-electron chi connectivity index (χ2n) is 5.96. The van der Waals surface area contributed by atoms with E-state index in [1.54, 1.807) is 12.1 Å². The second kappa shape index (κ2) is 9.07. The summed E-state index contributed by atoms with van der Waals surface area (Å²) in [6, 6.07) is 5.44. The van der Waals surface area contributed by atoms with Gasteiger partial charge in [0.05, 0.1) is 21.3 Å². The summed E-state index contributed by atoms with van der Waals surface area (Å²) in [6.07, 6.45) is 2.75. The number of benzene rings is 2. The number of hydrogen-bond donors (Lipinski definition) is 1. The highest BCUT2D eigenvalue weighted by molar-refractivity contribution is 6.02. The third-order valence-electron chi connectivity index (χ3n) is 3.85. The number of carbonyl (C=O) groups excluding carboxylic acids is 1. The monoisotopic (exact) mass is 392 g/mol. The molecule has 150 valence electrons. The van der Waals surface area contributed by atoms with E-state index in [1.165, 1.54) is 52.5 Å². The van der Waals surface area contributed by atoms with E-state index in [0.717, 1.165) is 12.1 Å². The number of hydrogen-bond acceptors (Lipinski definition) is 5. The lowest BCUT2D eigenvalue weighted by Gasteiger charge is -2.15. The van der Waals surface area contributed by atoms with E-state index in [2.05, 4.69) is 5.32 Å². The maximum absolute atomic E-state index is 14.0. The normalized spacial score (nSPS) is 10.7. The topological polar surface area (TPSA) is 60.0 Å². The van der Waals surface area contributed by atoms with Crippen LogP contribution in [0.4, 0.5) is 20.2 Å². The fraction of sp³-hybridized carbons (Fsp3) is 0.250. The van der Waals surface area contributed by atoms with Crippen LogP contribution in [0.3, 0.4) is 0 Å². The van der Waals surface area contributed by atoms with Crippen molar-refractivity contribution in [2.75, 3.05) is 45.6 Å². The van der Waals surface area contributed by atoms with Crippen LogP contribution in [0.5, 0.6) is 17.2 Å². The summed E-state index contributed by atoms with van der Waals surface area (Å²) >= 11 is 0. The van der Waals surface area contributed by atoms with Crippen molar-refractivity contribution in [2.24, 2.45) is 0 Å². The molecule has 0 aliphatic carbocycles. The predicted octanol–water partition coefficient (Wildman–Crippen LogP) is 3.71. The largest absolute Gasteiger partial charge is 0.493 e. The van der Waals surface area contributed by atoms with Gasteiger partial charge in [0.1, 0.15) is 5.69 Å². The van der Waals surface area contributed by atoms with Crippen LogP contribution in [0.15, 0.2) is 30.3 Å². The molecular formula is C20H22F2N2O4. The van der Waals surface area contributed by atoms with Gasteiger partial charge < -0.3 is 24.4 Å². The summed E-state index contributed by atoms with van der Waals surface area (Å²) in [4.78, 5) is 13.4. The van der Waals surface area contributed by atoms with Crippen LogP contribution in [-0.2, 0) is 4.79 Å². The van der Waals surface area contributed by atoms with Crippen molar-refractivity contribution < 1.29 is 27.8 Å². The van der Waals surface area contributed by atoms with Crippen molar-refractivity contribution >= 4 is 23.4 Å². The molecule has 0 aliphatic heterocycles. The van der Waals surface area contributed by atoms with E-state index in [1.807, 2.05) is 0 Å². The van der Waals surface area contributed by atoms with Crippen LogP contribution < -0.4 is 24.4 Å². The lowest BCUT2D eigenvalue weighted by atomic mass is 10.1. The highest BCUT2D eigenvalue weighted by Gasteiger charge is 2.14. The van der Waals surface area contributed by atoms with E-state index in [0.29, 0.717) is 22.8 Å². The van der Waals surface area contributed by atoms with E-state index >= 15 is 0 Å². The quantitative estimate of drug-likeness (QED) is 0.728. The number of ether oxygens (including phenoxy) is 3. The van der Waals surface area contributed by atoms with Gasteiger partial charge in [-0.2, -0.15) is 0 Å². The summed E-state index contributed by atoms with van der Waals surface area (Å²) in [6.45, 7) is 0. The van der Waals surface area contributed by atoms with Gasteiger partial charge in [0, 0.05) is 25.9 Å². The number of anilines is 2. The highest BCUT2D eigenvalue weighted by Crippen LogP contribution is 2.38. The Hall–Kier alpha value is -3.29. The molecule has 0 aromatic heterocycles. The van der Waals surface area contributed by atoms with Gasteiger partial charge in [-0.15, -0.1) is 0 Å². The lowest BCUT2D eigenvalue weighted by Crippen LogP contribution is -2.14. The summed E-state index contributed by atoms with van der Waals surface area (Å²) < 4.78 is 43.8. The van der Waals surface area contributed by atoms with Crippen molar-refractivity contribution in [2.45, 2.75) is 0 Å². The van der Waals surface area contributed by atoms with Gasteiger partial charge in [-0.05, 0) is 35.9 Å². The third kappa shape index (κ3) is 4.70. The van der Waals surface area contributed by atoms with Crippen LogP contribution in [0.2, 0.25) is 0 Å². The van der Waals surface area contributed by atoms with Gasteiger partial charge in [-0.1, -0.05) is 0 Å². The number of nitrogens with one attached hydrogen (secondary N) is 1. The molecule has 0 bridgehead atoms. The first-order chi connectivity index (χ1) is 13.3. The molecule has 6 nitrogen and oxygen atoms in total. The van der Waals surface area contributed by atoms with Gasteiger partial charge in [0.15, 0.2) is 23.1 Å². The summed E-state index contributed by atoms with van der Waals surface area (Å²) in [7, 11) is 7.51. The number of carbonyl (C=O) groups is 1. The zero-order valence-electron chi connectivity index (χ0n) is 16.3. The van der Waals surface area contributed by atoms with Crippen molar-refractivity contribution in [3.05, 3.63) is 47.5 Å². The number of amides is 1. The predicted molar refractivity (Wildman–Crippen MR) is 104 cm³/mol. The molecule has 1 amide bonds. The molecule has 0 saturated carbocycles. The summed E-state index contributed by atoms with van der Waals surface area (Å²) in [5.74, 6) is -0.790. The molecule has 0 saturated heterocycles. The van der Waals surface area contributed by atoms with Crippen LogP contribution >= 0.6 is 0 Å². The average Bonchev–Trinajstić information content (AvgIpc) is 2.64. The molecule has 0 heterocycles. The van der Waals surface area contributed by atoms with Crippen LogP contribution in [-0.4, -0.2) is 41.3 Å². The first-order valence-corrected chi connectivity index (χ1v) is 8.26. The Morgan fingerprint density at radius 1 is 0.964 bits per heavy atom. The first-order valence-electron chi connectivity index (χ1n) is 8.26. The van der Waals surface area contributed by atoms with Crippen molar-refractivity contribution in [1.29, 1.82) is 0 Å². The first kappa shape index (κ1) is 21.0. The summed E-state index contributed by atoms with van der Waals surface area (Å²) in [5, 5.41) is 2.43. The van der Waals surface area contributed by atoms with Crippen LogP contribution in [0.25, 0.3) is 6.08 Å². The van der Waals surface area contributed by atoms with Crippen molar-refractivity contribution in [1.82, 2.24) is 0 Å². The zero-order valence-corrected chi connectivity index (χ0v) is 16.3. The lowest BCUT2D eigenvalue weighted by molar-refractivity contribution is -0.111. The van der Waals surface area contributed by atoms with Gasteiger partial charge in [0.2, 0.25) is 11.7 Å². The molecule has 2 aromatic rings. The standard InChI is InChI=1S/C20H22F2N2O4/c1-24(2)19-14(21)10-13(11-15(19)22)23-18(25)7-6-12-8-16(26-3)20(28-5)17(9-12)27-4/h6-11H,1-5H3,(H,23,25). The molecule has 8 heteroatoms. The van der Waals surface area contributed by atoms with Gasteiger partial charge >= 0.3 is 0 Å². The average molecular weight is 392 g/mol. The van der Waals surface area contributed by atoms with E-state index in [9.17, 15) is 13.6 Å². The van der Waals surface area contributed by atoms with Gasteiger partial charge in [-0.3, -0.25) is 4.79 Å². The zero-order chi connectivity index (χ0) is 20.8. The van der Waals surface area contributed by atoms with E-state index in [-0.39, 0.29) is 11.4 Å². The smallest absolute Gasteiger partial charge is 0.248 e. The minimum Gasteiger partial charge on any atom is -0.493 e. The molecule has 0 aliphatic rings. The van der Waals surface area contributed by atoms with Crippen molar-refractivity contribution in [3.8, 4) is 17.2 Å². The number of methoxy groups -OCH3 is 3. The molecule has 0 fully saturated rings. The molecule has 28 heavy (non-hydrogen) atoms. The van der Waals surface area contributed by atoms with Gasteiger partial charge in [0.25, 0.3) is 0 Å². The Balaban J connectivity index is 2.21. The van der Waals surface area contributed by atoms with Crippen molar-refractivity contribution in [3.63, 3.8) is 0 Å². The fourth-order valence-corrected chi connectivity index (χ4v) is 2.62. The highest BCUT2D eigenvalue weighted by atomic mass is 19.1. The molecule has 0 atom stereocenters. The Morgan fingerprint density at radius 3 is 1.93 bits per heavy atom. The summed E-state index contributed by atoms with van der Waals surface area (Å²) in [5.41, 5.74) is 0.455. The van der Waals surface area contributed by atoms with Crippen LogP contribution in [0.1, 0.15) is 5.56 Å². The maximum Gasteiger partial charge on any atom is 0.248 e. The second-order valence-corrected chi connectivity index (χ2v) is 5.96. The minimum absolute atomic E-state index is 0.0140. The maximum atomic E-state index is 14.0. The molecule has 1 N–H and O–H groups in total. The Morgan fingerprint density at radius 2 is 1.50 bits per heavy atom. The molecule has 2 aromatic carbocycles. The SMILES string of the molecule is COc1cc(C=CC(=O)Nc2cc(F)c(N(C)C)c(F)c2)cc(OC)c1OC. The Bertz CT molecular complexity index is 850. The number of nitrogens with zero attached hydrogens (tertiary/aromatic N) is 1.